The predicted octanol–water partition coefficient (Wildman–Crippen LogP) is 2.74. The Morgan fingerprint density at radius 2 is 1.65 bits per heavy atom. The minimum Gasteiger partial charge on any atom is -0.507 e. The summed E-state index contributed by atoms with van der Waals surface area (Å²) in [6.45, 7) is 3.74. The first-order chi connectivity index (χ1) is 9.40. The van der Waals surface area contributed by atoms with E-state index in [9.17, 15) is 13.5 Å². The molecule has 2 aromatic carbocycles. The number of rotatable bonds is 4. The summed E-state index contributed by atoms with van der Waals surface area (Å²) in [5.74, 6) is -0.254. The average molecular weight is 291 g/mol. The van der Waals surface area contributed by atoms with Crippen LogP contribution in [0, 0.1) is 6.92 Å². The third-order valence-corrected chi connectivity index (χ3v) is 4.65. The van der Waals surface area contributed by atoms with E-state index in [0.717, 1.165) is 11.1 Å². The van der Waals surface area contributed by atoms with Crippen molar-refractivity contribution in [3.05, 3.63) is 59.7 Å². The number of phenols is 1. The fourth-order valence-electron chi connectivity index (χ4n) is 1.90. The number of sulfonamides is 1. The number of hydrogen-bond acceptors (Lipinski definition) is 3. The lowest BCUT2D eigenvalue weighted by Gasteiger charge is -2.15. The molecule has 4 nitrogen and oxygen atoms in total. The molecular formula is C15H17NO3S. The topological polar surface area (TPSA) is 66.4 Å². The quantitative estimate of drug-likeness (QED) is 0.910. The molecule has 1 unspecified atom stereocenters. The second-order valence-corrected chi connectivity index (χ2v) is 6.40. The van der Waals surface area contributed by atoms with Crippen LogP contribution in [0.1, 0.15) is 24.1 Å². The Balaban J connectivity index is 2.24. The Morgan fingerprint density at radius 3 is 2.25 bits per heavy atom. The smallest absolute Gasteiger partial charge is 0.244 e. The van der Waals surface area contributed by atoms with E-state index in [0.29, 0.717) is 0 Å². The number of aryl methyl sites for hydroxylation is 1. The van der Waals surface area contributed by atoms with Crippen LogP contribution in [0.2, 0.25) is 0 Å². The zero-order valence-corrected chi connectivity index (χ0v) is 12.2. The SMILES string of the molecule is Cc1ccc(C(C)NS(=O)(=O)c2ccccc2O)cc1. The van der Waals surface area contributed by atoms with Gasteiger partial charge in [-0.15, -0.1) is 0 Å². The molecule has 0 aliphatic heterocycles. The second-order valence-electron chi connectivity index (χ2n) is 4.72. The van der Waals surface area contributed by atoms with Gasteiger partial charge >= 0.3 is 0 Å². The van der Waals surface area contributed by atoms with Crippen LogP contribution < -0.4 is 4.72 Å². The lowest BCUT2D eigenvalue weighted by Crippen LogP contribution is -2.26. The van der Waals surface area contributed by atoms with Gasteiger partial charge in [-0.3, -0.25) is 0 Å². The summed E-state index contributed by atoms with van der Waals surface area (Å²) in [4.78, 5) is -0.112. The van der Waals surface area contributed by atoms with E-state index in [4.69, 9.17) is 0 Å². The van der Waals surface area contributed by atoms with Gasteiger partial charge < -0.3 is 5.11 Å². The Hall–Kier alpha value is -1.85. The van der Waals surface area contributed by atoms with Crippen LogP contribution in [0.25, 0.3) is 0 Å². The van der Waals surface area contributed by atoms with Gasteiger partial charge in [0.05, 0.1) is 0 Å². The van der Waals surface area contributed by atoms with Crippen molar-refractivity contribution < 1.29 is 13.5 Å². The molecule has 0 radical (unpaired) electrons. The Bertz CT molecular complexity index is 693. The first-order valence-electron chi connectivity index (χ1n) is 6.27. The van der Waals surface area contributed by atoms with E-state index in [2.05, 4.69) is 4.72 Å². The molecule has 0 aliphatic rings. The van der Waals surface area contributed by atoms with E-state index >= 15 is 0 Å². The van der Waals surface area contributed by atoms with Gasteiger partial charge in [-0.25, -0.2) is 13.1 Å². The minimum atomic E-state index is -3.75. The lowest BCUT2D eigenvalue weighted by molar-refractivity contribution is 0.457. The number of aromatic hydroxyl groups is 1. The summed E-state index contributed by atoms with van der Waals surface area (Å²) < 4.78 is 27.0. The van der Waals surface area contributed by atoms with Gasteiger partial charge in [0.1, 0.15) is 10.6 Å². The van der Waals surface area contributed by atoms with Crippen molar-refractivity contribution in [2.24, 2.45) is 0 Å². The molecule has 2 N–H and O–H groups in total. The molecule has 0 saturated carbocycles. The average Bonchev–Trinajstić information content (AvgIpc) is 2.39. The molecule has 0 aromatic heterocycles. The molecular weight excluding hydrogens is 274 g/mol. The third-order valence-electron chi connectivity index (χ3n) is 3.06. The second kappa shape index (κ2) is 5.64. The van der Waals surface area contributed by atoms with Crippen molar-refractivity contribution in [1.29, 1.82) is 0 Å². The maximum atomic E-state index is 12.2. The zero-order valence-electron chi connectivity index (χ0n) is 11.4. The highest BCUT2D eigenvalue weighted by Crippen LogP contribution is 2.23. The molecule has 106 valence electrons. The van der Waals surface area contributed by atoms with Crippen molar-refractivity contribution in [2.45, 2.75) is 24.8 Å². The molecule has 20 heavy (non-hydrogen) atoms. The van der Waals surface area contributed by atoms with Crippen molar-refractivity contribution in [1.82, 2.24) is 4.72 Å². The monoisotopic (exact) mass is 291 g/mol. The molecule has 5 heteroatoms. The zero-order chi connectivity index (χ0) is 14.8. The number of benzene rings is 2. The standard InChI is InChI=1S/C15H17NO3S/c1-11-7-9-13(10-8-11)12(2)16-20(18,19)15-6-4-3-5-14(15)17/h3-10,12,16-17H,1-2H3. The summed E-state index contributed by atoms with van der Waals surface area (Å²) in [6, 6.07) is 13.1. The minimum absolute atomic E-state index is 0.112. The van der Waals surface area contributed by atoms with Gasteiger partial charge in [0.25, 0.3) is 0 Å². The maximum Gasteiger partial charge on any atom is 0.244 e. The van der Waals surface area contributed by atoms with E-state index in [-0.39, 0.29) is 16.7 Å². The lowest BCUT2D eigenvalue weighted by atomic mass is 10.1. The van der Waals surface area contributed by atoms with Crippen LogP contribution in [0.15, 0.2) is 53.4 Å². The predicted molar refractivity (Wildman–Crippen MR) is 78.0 cm³/mol. The molecule has 2 aromatic rings. The summed E-state index contributed by atoms with van der Waals surface area (Å²) in [7, 11) is -3.75. The molecule has 0 saturated heterocycles. The van der Waals surface area contributed by atoms with Gasteiger partial charge in [0.15, 0.2) is 0 Å². The Morgan fingerprint density at radius 1 is 1.05 bits per heavy atom. The highest BCUT2D eigenvalue weighted by atomic mass is 32.2. The number of phenolic OH excluding ortho intramolecular Hbond substituents is 1. The normalized spacial score (nSPS) is 13.1. The first kappa shape index (κ1) is 14.6. The molecule has 0 fully saturated rings. The van der Waals surface area contributed by atoms with Gasteiger partial charge in [-0.1, -0.05) is 42.0 Å². The van der Waals surface area contributed by atoms with Gasteiger partial charge in [-0.2, -0.15) is 0 Å². The Labute approximate surface area is 119 Å². The summed E-state index contributed by atoms with van der Waals surface area (Å²) in [5.41, 5.74) is 1.99. The van der Waals surface area contributed by atoms with Crippen molar-refractivity contribution in [3.63, 3.8) is 0 Å². The van der Waals surface area contributed by atoms with E-state index in [1.165, 1.54) is 12.1 Å². The van der Waals surface area contributed by atoms with Gasteiger partial charge in [-0.05, 0) is 31.5 Å². The van der Waals surface area contributed by atoms with Crippen molar-refractivity contribution in [2.75, 3.05) is 0 Å². The van der Waals surface area contributed by atoms with Gasteiger partial charge in [0.2, 0.25) is 10.0 Å². The largest absolute Gasteiger partial charge is 0.507 e. The highest BCUT2D eigenvalue weighted by Gasteiger charge is 2.21. The van der Waals surface area contributed by atoms with E-state index < -0.39 is 10.0 Å². The molecule has 0 spiro atoms. The number of nitrogens with one attached hydrogen (secondary N) is 1. The van der Waals surface area contributed by atoms with Crippen LogP contribution in [-0.2, 0) is 10.0 Å². The van der Waals surface area contributed by atoms with Crippen molar-refractivity contribution >= 4 is 10.0 Å². The fraction of sp³-hybridized carbons (Fsp3) is 0.200. The van der Waals surface area contributed by atoms with E-state index in [1.54, 1.807) is 19.1 Å². The van der Waals surface area contributed by atoms with Crippen LogP contribution in [0.4, 0.5) is 0 Å². The van der Waals surface area contributed by atoms with E-state index in [1.807, 2.05) is 31.2 Å². The number of hydrogen-bond donors (Lipinski definition) is 2. The molecule has 0 amide bonds. The van der Waals surface area contributed by atoms with Crippen LogP contribution in [0.5, 0.6) is 5.75 Å². The molecule has 0 heterocycles. The molecule has 0 bridgehead atoms. The number of para-hydroxylation sites is 1. The van der Waals surface area contributed by atoms with Crippen LogP contribution >= 0.6 is 0 Å². The first-order valence-corrected chi connectivity index (χ1v) is 7.75. The molecule has 2 rings (SSSR count). The summed E-state index contributed by atoms with van der Waals surface area (Å²) in [5, 5.41) is 9.65. The van der Waals surface area contributed by atoms with Crippen LogP contribution in [0.3, 0.4) is 0 Å². The maximum absolute atomic E-state index is 12.2. The molecule has 0 aliphatic carbocycles. The van der Waals surface area contributed by atoms with Crippen LogP contribution in [-0.4, -0.2) is 13.5 Å². The van der Waals surface area contributed by atoms with Crippen molar-refractivity contribution in [3.8, 4) is 5.75 Å². The third kappa shape index (κ3) is 3.18. The highest BCUT2D eigenvalue weighted by molar-refractivity contribution is 7.89. The summed E-state index contributed by atoms with van der Waals surface area (Å²) in [6.07, 6.45) is 0. The Kier molecular flexibility index (Phi) is 4.11. The fourth-order valence-corrected chi connectivity index (χ4v) is 3.23. The summed E-state index contributed by atoms with van der Waals surface area (Å²) >= 11 is 0. The van der Waals surface area contributed by atoms with Gasteiger partial charge in [0, 0.05) is 6.04 Å². The molecule has 1 atom stereocenters.